The van der Waals surface area contributed by atoms with E-state index in [1.165, 1.54) is 0 Å². The molecule has 0 bridgehead atoms. The van der Waals surface area contributed by atoms with Crippen LogP contribution in [-0.2, 0) is 4.79 Å². The molecule has 6 heteroatoms. The van der Waals surface area contributed by atoms with Crippen molar-refractivity contribution in [1.82, 2.24) is 4.57 Å². The monoisotopic (exact) mass is 450 g/mol. The molecule has 0 radical (unpaired) electrons. The van der Waals surface area contributed by atoms with E-state index in [9.17, 15) is 19.8 Å². The van der Waals surface area contributed by atoms with Crippen LogP contribution in [0.15, 0.2) is 97.1 Å². The SMILES string of the molecule is NC(=O)c1cccc2c1c1c(C(O)C(=O)O)cccc1n2C(c1ccccc1)c1ccccc1. The van der Waals surface area contributed by atoms with Gasteiger partial charge in [0.2, 0.25) is 5.91 Å². The molecular formula is C28H22N2O4. The summed E-state index contributed by atoms with van der Waals surface area (Å²) < 4.78 is 2.08. The number of fused-ring (bicyclic) bond motifs is 3. The van der Waals surface area contributed by atoms with Crippen molar-refractivity contribution in [3.8, 4) is 0 Å². The fourth-order valence-electron chi connectivity index (χ4n) is 4.77. The molecule has 0 fully saturated rings. The largest absolute Gasteiger partial charge is 0.479 e. The lowest BCUT2D eigenvalue weighted by atomic mass is 9.98. The van der Waals surface area contributed by atoms with Gasteiger partial charge in [-0.25, -0.2) is 4.79 Å². The molecule has 0 aliphatic heterocycles. The van der Waals surface area contributed by atoms with Gasteiger partial charge in [0.05, 0.1) is 17.1 Å². The van der Waals surface area contributed by atoms with Crippen LogP contribution in [0.5, 0.6) is 0 Å². The first kappa shape index (κ1) is 21.4. The van der Waals surface area contributed by atoms with E-state index < -0.39 is 18.0 Å². The number of aromatic nitrogens is 1. The molecule has 0 aliphatic carbocycles. The second-order valence-electron chi connectivity index (χ2n) is 8.14. The summed E-state index contributed by atoms with van der Waals surface area (Å²) >= 11 is 0. The first-order valence-corrected chi connectivity index (χ1v) is 10.8. The molecule has 5 aromatic rings. The molecular weight excluding hydrogens is 428 g/mol. The van der Waals surface area contributed by atoms with Crippen LogP contribution in [0.4, 0.5) is 0 Å². The van der Waals surface area contributed by atoms with Gasteiger partial charge in [-0.05, 0) is 29.3 Å². The maximum absolute atomic E-state index is 12.4. The van der Waals surface area contributed by atoms with Crippen molar-refractivity contribution in [3.05, 3.63) is 119 Å². The molecule has 1 unspecified atom stereocenters. The molecule has 1 amide bonds. The van der Waals surface area contributed by atoms with Gasteiger partial charge in [0, 0.05) is 21.9 Å². The molecule has 4 aromatic carbocycles. The lowest BCUT2D eigenvalue weighted by Gasteiger charge is -2.23. The fraction of sp³-hybridized carbons (Fsp3) is 0.0714. The first-order valence-electron chi connectivity index (χ1n) is 10.8. The predicted molar refractivity (Wildman–Crippen MR) is 131 cm³/mol. The number of aliphatic hydroxyl groups is 1. The molecule has 5 rings (SSSR count). The van der Waals surface area contributed by atoms with Gasteiger partial charge in [-0.2, -0.15) is 0 Å². The summed E-state index contributed by atoms with van der Waals surface area (Å²) in [7, 11) is 0. The van der Waals surface area contributed by atoms with E-state index in [-0.39, 0.29) is 17.2 Å². The highest BCUT2D eigenvalue weighted by molar-refractivity contribution is 6.19. The highest BCUT2D eigenvalue weighted by atomic mass is 16.4. The van der Waals surface area contributed by atoms with E-state index in [4.69, 9.17) is 5.73 Å². The molecule has 1 aromatic heterocycles. The highest BCUT2D eigenvalue weighted by Crippen LogP contribution is 2.41. The minimum absolute atomic E-state index is 0.210. The highest BCUT2D eigenvalue weighted by Gasteiger charge is 2.28. The maximum Gasteiger partial charge on any atom is 0.337 e. The zero-order valence-electron chi connectivity index (χ0n) is 18.1. The molecule has 1 atom stereocenters. The molecule has 0 saturated carbocycles. The standard InChI is InChI=1S/C28H22N2O4/c29-27(32)20-14-8-16-22-24(20)23-19(26(31)28(33)34)13-7-15-21(23)30(22)25(17-9-3-1-4-10-17)18-11-5-2-6-12-18/h1-16,25-26,31H,(H2,29,32)(H,33,34). The van der Waals surface area contributed by atoms with Crippen LogP contribution in [0.2, 0.25) is 0 Å². The number of carbonyl (C=O) groups is 2. The Kier molecular flexibility index (Phi) is 5.36. The van der Waals surface area contributed by atoms with Crippen molar-refractivity contribution in [2.24, 2.45) is 5.73 Å². The normalized spacial score (nSPS) is 12.3. The predicted octanol–water partition coefficient (Wildman–Crippen LogP) is 4.65. The third-order valence-electron chi connectivity index (χ3n) is 6.17. The van der Waals surface area contributed by atoms with Crippen LogP contribution < -0.4 is 5.73 Å². The molecule has 6 nitrogen and oxygen atoms in total. The van der Waals surface area contributed by atoms with Crippen molar-refractivity contribution in [2.75, 3.05) is 0 Å². The smallest absolute Gasteiger partial charge is 0.337 e. The first-order chi connectivity index (χ1) is 16.5. The summed E-state index contributed by atoms with van der Waals surface area (Å²) in [5.41, 5.74) is 9.66. The number of carbonyl (C=O) groups excluding carboxylic acids is 1. The quantitative estimate of drug-likeness (QED) is 0.350. The van der Waals surface area contributed by atoms with Gasteiger partial charge in [-0.3, -0.25) is 4.79 Å². The lowest BCUT2D eigenvalue weighted by molar-refractivity contribution is -0.146. The Balaban J connectivity index is 1.98. The van der Waals surface area contributed by atoms with Gasteiger partial charge in [0.15, 0.2) is 6.10 Å². The van der Waals surface area contributed by atoms with Crippen LogP contribution in [0.25, 0.3) is 21.8 Å². The second kappa shape index (κ2) is 8.50. The number of carboxylic acids is 1. The van der Waals surface area contributed by atoms with Gasteiger partial charge < -0.3 is 20.5 Å². The summed E-state index contributed by atoms with van der Waals surface area (Å²) in [6, 6.07) is 30.0. The number of primary amides is 1. The number of nitrogens with zero attached hydrogens (tertiary/aromatic N) is 1. The van der Waals surface area contributed by atoms with Gasteiger partial charge in [0.25, 0.3) is 0 Å². The van der Waals surface area contributed by atoms with Crippen molar-refractivity contribution in [1.29, 1.82) is 0 Å². The van der Waals surface area contributed by atoms with Gasteiger partial charge in [0.1, 0.15) is 0 Å². The zero-order chi connectivity index (χ0) is 23.8. The Morgan fingerprint density at radius 2 is 1.24 bits per heavy atom. The summed E-state index contributed by atoms with van der Waals surface area (Å²) in [6.45, 7) is 0. The summed E-state index contributed by atoms with van der Waals surface area (Å²) in [5.74, 6) is -1.99. The summed E-state index contributed by atoms with van der Waals surface area (Å²) in [6.07, 6.45) is -1.75. The Labute approximate surface area is 195 Å². The number of aliphatic carboxylic acids is 1. The number of benzene rings is 4. The average molecular weight is 450 g/mol. The zero-order valence-corrected chi connectivity index (χ0v) is 18.1. The Morgan fingerprint density at radius 3 is 1.76 bits per heavy atom. The van der Waals surface area contributed by atoms with E-state index in [2.05, 4.69) is 4.57 Å². The van der Waals surface area contributed by atoms with Crippen molar-refractivity contribution < 1.29 is 19.8 Å². The minimum Gasteiger partial charge on any atom is -0.479 e. The number of aliphatic hydroxyl groups excluding tert-OH is 1. The van der Waals surface area contributed by atoms with Crippen molar-refractivity contribution >= 4 is 33.7 Å². The molecule has 0 spiro atoms. The van der Waals surface area contributed by atoms with E-state index in [0.29, 0.717) is 21.8 Å². The number of hydrogen-bond acceptors (Lipinski definition) is 3. The average Bonchev–Trinajstić information content (AvgIpc) is 3.19. The number of hydrogen-bond donors (Lipinski definition) is 3. The lowest BCUT2D eigenvalue weighted by Crippen LogP contribution is -2.13. The van der Waals surface area contributed by atoms with E-state index in [1.807, 2.05) is 72.8 Å². The van der Waals surface area contributed by atoms with Crippen molar-refractivity contribution in [3.63, 3.8) is 0 Å². The van der Waals surface area contributed by atoms with Crippen LogP contribution in [0, 0.1) is 0 Å². The van der Waals surface area contributed by atoms with E-state index >= 15 is 0 Å². The van der Waals surface area contributed by atoms with Gasteiger partial charge >= 0.3 is 5.97 Å². The molecule has 0 saturated heterocycles. The molecule has 34 heavy (non-hydrogen) atoms. The fourth-order valence-corrected chi connectivity index (χ4v) is 4.77. The summed E-state index contributed by atoms with van der Waals surface area (Å²) in [4.78, 5) is 24.2. The van der Waals surface area contributed by atoms with Gasteiger partial charge in [-0.15, -0.1) is 0 Å². The number of carboxylic acid groups (broad SMARTS) is 1. The topological polar surface area (TPSA) is 106 Å². The van der Waals surface area contributed by atoms with Crippen LogP contribution in [0.3, 0.4) is 0 Å². The number of rotatable bonds is 6. The van der Waals surface area contributed by atoms with Crippen LogP contribution in [-0.4, -0.2) is 26.7 Å². The molecule has 0 aliphatic rings. The van der Waals surface area contributed by atoms with E-state index in [1.54, 1.807) is 24.3 Å². The third kappa shape index (κ3) is 3.41. The molecule has 168 valence electrons. The molecule has 1 heterocycles. The van der Waals surface area contributed by atoms with E-state index in [0.717, 1.165) is 11.1 Å². The minimum atomic E-state index is -1.75. The van der Waals surface area contributed by atoms with Crippen LogP contribution >= 0.6 is 0 Å². The second-order valence-corrected chi connectivity index (χ2v) is 8.14. The number of amides is 1. The Bertz CT molecular complexity index is 1480. The Morgan fingerprint density at radius 1 is 0.706 bits per heavy atom. The third-order valence-corrected chi connectivity index (χ3v) is 6.17. The van der Waals surface area contributed by atoms with Crippen LogP contribution in [0.1, 0.15) is 39.2 Å². The maximum atomic E-state index is 12.4. The number of nitrogens with two attached hydrogens (primary N) is 1. The summed E-state index contributed by atoms with van der Waals surface area (Å²) in [5, 5.41) is 21.1. The van der Waals surface area contributed by atoms with Crippen molar-refractivity contribution in [2.45, 2.75) is 12.1 Å². The van der Waals surface area contributed by atoms with Gasteiger partial charge in [-0.1, -0.05) is 78.9 Å². The Hall–Kier alpha value is -4.42. The molecule has 4 N–H and O–H groups in total.